The summed E-state index contributed by atoms with van der Waals surface area (Å²) in [7, 11) is 2.04. The molecule has 0 unspecified atom stereocenters. The normalized spacial score (nSPS) is 24.6. The molecule has 2 aliphatic heterocycles. The van der Waals surface area contributed by atoms with E-state index in [1.54, 1.807) is 12.1 Å². The molecule has 4 rings (SSSR count). The summed E-state index contributed by atoms with van der Waals surface area (Å²) in [5.74, 6) is 0.929. The van der Waals surface area contributed by atoms with Gasteiger partial charge in [0.25, 0.3) is 0 Å². The Morgan fingerprint density at radius 2 is 2.12 bits per heavy atom. The lowest BCUT2D eigenvalue weighted by Gasteiger charge is -2.36. The molecular weight excluding hydrogens is 319 g/mol. The standard InChI is InChI=1S/C19H25FN4O/c1-22-7-6-21-19(22)13-23-8-9-24-12-17(10-16(24)11-23)25-14-15-4-2-3-5-18(15)20/h2-7,16-17H,8-14H2,1H3/t16-,17+/m0/s1. The number of benzene rings is 1. The highest BCUT2D eigenvalue weighted by Crippen LogP contribution is 2.25. The summed E-state index contributed by atoms with van der Waals surface area (Å²) in [6.45, 7) is 5.38. The van der Waals surface area contributed by atoms with Crippen LogP contribution in [0.4, 0.5) is 4.39 Å². The molecule has 0 radical (unpaired) electrons. The van der Waals surface area contributed by atoms with Gasteiger partial charge < -0.3 is 9.30 Å². The van der Waals surface area contributed by atoms with E-state index in [9.17, 15) is 4.39 Å². The smallest absolute Gasteiger partial charge is 0.128 e. The van der Waals surface area contributed by atoms with Gasteiger partial charge in [-0.3, -0.25) is 9.80 Å². The molecule has 134 valence electrons. The molecular formula is C19H25FN4O. The summed E-state index contributed by atoms with van der Waals surface area (Å²) < 4.78 is 21.8. The molecule has 6 heteroatoms. The van der Waals surface area contributed by atoms with Crippen LogP contribution in [0.1, 0.15) is 17.8 Å². The lowest BCUT2D eigenvalue weighted by Crippen LogP contribution is -2.49. The quantitative estimate of drug-likeness (QED) is 0.831. The number of hydrogen-bond donors (Lipinski definition) is 0. The zero-order chi connectivity index (χ0) is 17.2. The van der Waals surface area contributed by atoms with Gasteiger partial charge in [-0.1, -0.05) is 18.2 Å². The molecule has 1 aromatic carbocycles. The van der Waals surface area contributed by atoms with Crippen molar-refractivity contribution in [3.8, 4) is 0 Å². The summed E-state index contributed by atoms with van der Waals surface area (Å²) in [6.07, 6.45) is 5.06. The van der Waals surface area contributed by atoms with Crippen LogP contribution in [0.2, 0.25) is 0 Å². The predicted octanol–water partition coefficient (Wildman–Crippen LogP) is 2.03. The molecule has 2 fully saturated rings. The Bertz CT molecular complexity index is 719. The van der Waals surface area contributed by atoms with Gasteiger partial charge in [-0.25, -0.2) is 9.37 Å². The van der Waals surface area contributed by atoms with E-state index in [4.69, 9.17) is 4.74 Å². The van der Waals surface area contributed by atoms with Crippen LogP contribution >= 0.6 is 0 Å². The monoisotopic (exact) mass is 344 g/mol. The number of aryl methyl sites for hydroxylation is 1. The van der Waals surface area contributed by atoms with Crippen LogP contribution in [-0.4, -0.2) is 57.7 Å². The van der Waals surface area contributed by atoms with E-state index in [-0.39, 0.29) is 11.9 Å². The maximum atomic E-state index is 13.7. The second kappa shape index (κ2) is 7.23. The van der Waals surface area contributed by atoms with Crippen molar-refractivity contribution in [2.24, 2.45) is 7.05 Å². The first-order valence-electron chi connectivity index (χ1n) is 8.96. The van der Waals surface area contributed by atoms with E-state index in [1.165, 1.54) is 6.07 Å². The molecule has 5 nitrogen and oxygen atoms in total. The highest BCUT2D eigenvalue weighted by molar-refractivity contribution is 5.16. The van der Waals surface area contributed by atoms with E-state index in [2.05, 4.69) is 19.4 Å². The van der Waals surface area contributed by atoms with Crippen molar-refractivity contribution >= 4 is 0 Å². The predicted molar refractivity (Wildman–Crippen MR) is 93.4 cm³/mol. The van der Waals surface area contributed by atoms with Crippen molar-refractivity contribution in [3.05, 3.63) is 53.9 Å². The molecule has 0 aliphatic carbocycles. The van der Waals surface area contributed by atoms with Crippen molar-refractivity contribution in [2.75, 3.05) is 26.2 Å². The summed E-state index contributed by atoms with van der Waals surface area (Å²) >= 11 is 0. The third-order valence-electron chi connectivity index (χ3n) is 5.38. The Kier molecular flexibility index (Phi) is 4.83. The van der Waals surface area contributed by atoms with Gasteiger partial charge in [-0.15, -0.1) is 0 Å². The van der Waals surface area contributed by atoms with Gasteiger partial charge in [-0.2, -0.15) is 0 Å². The van der Waals surface area contributed by atoms with Crippen LogP contribution in [0.3, 0.4) is 0 Å². The molecule has 2 aromatic rings. The summed E-state index contributed by atoms with van der Waals surface area (Å²) in [5, 5.41) is 0. The van der Waals surface area contributed by atoms with Gasteiger partial charge >= 0.3 is 0 Å². The van der Waals surface area contributed by atoms with Crippen LogP contribution in [0, 0.1) is 5.82 Å². The van der Waals surface area contributed by atoms with Gasteiger partial charge in [0, 0.05) is 57.2 Å². The van der Waals surface area contributed by atoms with E-state index in [1.807, 2.05) is 25.5 Å². The molecule has 25 heavy (non-hydrogen) atoms. The lowest BCUT2D eigenvalue weighted by atomic mass is 10.1. The fourth-order valence-electron chi connectivity index (χ4n) is 3.90. The Labute approximate surface area is 148 Å². The Hall–Kier alpha value is -1.76. The van der Waals surface area contributed by atoms with Gasteiger partial charge in [0.2, 0.25) is 0 Å². The average molecular weight is 344 g/mol. The SMILES string of the molecule is Cn1ccnc1CN1CCN2C[C@H](OCc3ccccc3F)C[C@H]2C1. The zero-order valence-corrected chi connectivity index (χ0v) is 14.6. The maximum Gasteiger partial charge on any atom is 0.128 e. The van der Waals surface area contributed by atoms with Crippen LogP contribution in [-0.2, 0) is 24.9 Å². The number of halogens is 1. The van der Waals surface area contributed by atoms with Gasteiger partial charge in [-0.05, 0) is 12.5 Å². The first kappa shape index (κ1) is 16.7. The number of rotatable bonds is 5. The number of ether oxygens (including phenoxy) is 1. The minimum atomic E-state index is -0.181. The van der Waals surface area contributed by atoms with Crippen molar-refractivity contribution in [2.45, 2.75) is 31.7 Å². The van der Waals surface area contributed by atoms with Crippen molar-refractivity contribution in [3.63, 3.8) is 0 Å². The first-order chi connectivity index (χ1) is 12.2. The van der Waals surface area contributed by atoms with Crippen molar-refractivity contribution in [1.29, 1.82) is 0 Å². The molecule has 0 saturated carbocycles. The third kappa shape index (κ3) is 3.76. The maximum absolute atomic E-state index is 13.7. The van der Waals surface area contributed by atoms with Crippen molar-refractivity contribution < 1.29 is 9.13 Å². The van der Waals surface area contributed by atoms with Gasteiger partial charge in [0.1, 0.15) is 11.6 Å². The molecule has 0 spiro atoms. The molecule has 0 N–H and O–H groups in total. The molecule has 2 aliphatic rings. The lowest BCUT2D eigenvalue weighted by molar-refractivity contribution is 0.0443. The zero-order valence-electron chi connectivity index (χ0n) is 14.6. The number of aromatic nitrogens is 2. The molecule has 1 aromatic heterocycles. The minimum absolute atomic E-state index is 0.181. The Morgan fingerprint density at radius 3 is 2.92 bits per heavy atom. The second-order valence-electron chi connectivity index (χ2n) is 7.10. The van der Waals surface area contributed by atoms with E-state index in [0.29, 0.717) is 18.2 Å². The Morgan fingerprint density at radius 1 is 1.24 bits per heavy atom. The van der Waals surface area contributed by atoms with Gasteiger partial charge in [0.15, 0.2) is 0 Å². The Balaban J connectivity index is 1.30. The highest BCUT2D eigenvalue weighted by Gasteiger charge is 2.36. The number of nitrogens with zero attached hydrogens (tertiary/aromatic N) is 4. The number of imidazole rings is 1. The summed E-state index contributed by atoms with van der Waals surface area (Å²) in [4.78, 5) is 9.42. The topological polar surface area (TPSA) is 33.5 Å². The second-order valence-corrected chi connectivity index (χ2v) is 7.10. The number of fused-ring (bicyclic) bond motifs is 1. The van der Waals surface area contributed by atoms with Crippen LogP contribution < -0.4 is 0 Å². The average Bonchev–Trinajstić information content (AvgIpc) is 3.20. The molecule has 2 atom stereocenters. The van der Waals surface area contributed by atoms with Gasteiger partial charge in [0.05, 0.1) is 19.3 Å². The highest BCUT2D eigenvalue weighted by atomic mass is 19.1. The minimum Gasteiger partial charge on any atom is -0.372 e. The number of piperazine rings is 1. The summed E-state index contributed by atoms with van der Waals surface area (Å²) in [5.41, 5.74) is 0.642. The fourth-order valence-corrected chi connectivity index (χ4v) is 3.90. The summed E-state index contributed by atoms with van der Waals surface area (Å²) in [6, 6.07) is 7.39. The van der Waals surface area contributed by atoms with E-state index < -0.39 is 0 Å². The first-order valence-corrected chi connectivity index (χ1v) is 8.96. The molecule has 0 bridgehead atoms. The van der Waals surface area contributed by atoms with Crippen LogP contribution in [0.5, 0.6) is 0 Å². The fraction of sp³-hybridized carbons (Fsp3) is 0.526. The van der Waals surface area contributed by atoms with E-state index >= 15 is 0 Å². The number of hydrogen-bond acceptors (Lipinski definition) is 4. The van der Waals surface area contributed by atoms with E-state index in [0.717, 1.165) is 45.0 Å². The third-order valence-corrected chi connectivity index (χ3v) is 5.38. The molecule has 0 amide bonds. The van der Waals surface area contributed by atoms with Crippen LogP contribution in [0.15, 0.2) is 36.7 Å². The molecule has 3 heterocycles. The largest absolute Gasteiger partial charge is 0.372 e. The van der Waals surface area contributed by atoms with Crippen LogP contribution in [0.25, 0.3) is 0 Å². The molecule has 2 saturated heterocycles. The van der Waals surface area contributed by atoms with Crippen molar-refractivity contribution in [1.82, 2.24) is 19.4 Å².